The zero-order valence-corrected chi connectivity index (χ0v) is 18.3. The molecule has 0 saturated carbocycles. The fraction of sp³-hybridized carbons (Fsp3) is 0.375. The SMILES string of the molecule is C#CCN1CN(CC2CCCO2)C(=O)c2c(O)c(=O)c(C(=O)CCc3ccc(F)cc3F)cn21. The Labute approximate surface area is 194 Å². The van der Waals surface area contributed by atoms with E-state index in [1.54, 1.807) is 5.01 Å². The summed E-state index contributed by atoms with van der Waals surface area (Å²) >= 11 is 0. The summed E-state index contributed by atoms with van der Waals surface area (Å²) in [6, 6.07) is 3.02. The van der Waals surface area contributed by atoms with Gasteiger partial charge in [-0.3, -0.25) is 24.1 Å². The minimum absolute atomic E-state index is 0.0407. The van der Waals surface area contributed by atoms with Crippen LogP contribution < -0.4 is 10.4 Å². The molecule has 2 aliphatic heterocycles. The number of benzene rings is 1. The van der Waals surface area contributed by atoms with E-state index in [4.69, 9.17) is 11.2 Å². The van der Waals surface area contributed by atoms with E-state index in [9.17, 15) is 28.3 Å². The summed E-state index contributed by atoms with van der Waals surface area (Å²) in [7, 11) is 0. The monoisotopic (exact) mass is 471 g/mol. The van der Waals surface area contributed by atoms with Gasteiger partial charge in [-0.25, -0.2) is 8.78 Å². The van der Waals surface area contributed by atoms with Crippen molar-refractivity contribution in [2.24, 2.45) is 0 Å². The van der Waals surface area contributed by atoms with Gasteiger partial charge in [0.2, 0.25) is 5.43 Å². The molecule has 0 bridgehead atoms. The maximum absolute atomic E-state index is 13.9. The normalized spacial score (nSPS) is 17.6. The Morgan fingerprint density at radius 1 is 1.29 bits per heavy atom. The number of ketones is 1. The summed E-state index contributed by atoms with van der Waals surface area (Å²) < 4.78 is 33.8. The first kappa shape index (κ1) is 23.4. The third kappa shape index (κ3) is 4.52. The zero-order valence-electron chi connectivity index (χ0n) is 18.3. The lowest BCUT2D eigenvalue weighted by Crippen LogP contribution is -2.56. The Morgan fingerprint density at radius 2 is 2.09 bits per heavy atom. The molecule has 1 aromatic carbocycles. The number of hydrogen-bond donors (Lipinski definition) is 1. The fourth-order valence-corrected chi connectivity index (χ4v) is 4.20. The van der Waals surface area contributed by atoms with Crippen molar-refractivity contribution in [2.75, 3.05) is 31.4 Å². The molecular weight excluding hydrogens is 448 g/mol. The van der Waals surface area contributed by atoms with Crippen molar-refractivity contribution in [3.8, 4) is 18.1 Å². The number of Topliss-reactive ketones (excluding diaryl/α,β-unsaturated/α-hetero) is 1. The van der Waals surface area contributed by atoms with Crippen LogP contribution in [-0.2, 0) is 11.2 Å². The van der Waals surface area contributed by atoms with Crippen LogP contribution >= 0.6 is 0 Å². The third-order valence-corrected chi connectivity index (χ3v) is 5.95. The molecule has 1 fully saturated rings. The van der Waals surface area contributed by atoms with Gasteiger partial charge >= 0.3 is 0 Å². The second-order valence-electron chi connectivity index (χ2n) is 8.25. The molecule has 34 heavy (non-hydrogen) atoms. The maximum Gasteiger partial charge on any atom is 0.277 e. The topological polar surface area (TPSA) is 92.1 Å². The number of carbonyl (C=O) groups is 2. The number of halogens is 2. The largest absolute Gasteiger partial charge is 0.502 e. The van der Waals surface area contributed by atoms with Crippen molar-refractivity contribution in [3.63, 3.8) is 0 Å². The smallest absolute Gasteiger partial charge is 0.277 e. The fourth-order valence-electron chi connectivity index (χ4n) is 4.20. The lowest BCUT2D eigenvalue weighted by atomic mass is 10.0. The van der Waals surface area contributed by atoms with E-state index >= 15 is 0 Å². The molecule has 1 unspecified atom stereocenters. The average molecular weight is 471 g/mol. The van der Waals surface area contributed by atoms with Gasteiger partial charge in [0.1, 0.15) is 18.3 Å². The molecular formula is C24H23F2N3O5. The predicted molar refractivity (Wildman–Crippen MR) is 118 cm³/mol. The van der Waals surface area contributed by atoms with E-state index in [0.29, 0.717) is 12.7 Å². The molecule has 4 rings (SSSR count). The van der Waals surface area contributed by atoms with Crippen LogP contribution in [0.15, 0.2) is 29.2 Å². The van der Waals surface area contributed by atoms with Gasteiger partial charge in [0.15, 0.2) is 17.2 Å². The van der Waals surface area contributed by atoms with Gasteiger partial charge in [0.05, 0.1) is 18.2 Å². The van der Waals surface area contributed by atoms with E-state index in [1.165, 1.54) is 21.8 Å². The number of rotatable bonds is 7. The number of aryl methyl sites for hydroxylation is 1. The van der Waals surface area contributed by atoms with E-state index in [0.717, 1.165) is 18.9 Å². The number of aromatic hydroxyl groups is 1. The number of pyridine rings is 1. The standard InChI is InChI=1S/C24H23F2N3O5/c1-2-9-28-14-27(12-17-4-3-10-34-17)24(33)21-23(32)22(31)18(13-29(21)28)20(30)8-6-15-5-7-16(25)11-19(15)26/h1,5,7,11,13,17,32H,3-4,6,8-10,12,14H2. The van der Waals surface area contributed by atoms with Crippen molar-refractivity contribution >= 4 is 11.7 Å². The van der Waals surface area contributed by atoms with Crippen LogP contribution in [0.2, 0.25) is 0 Å². The lowest BCUT2D eigenvalue weighted by molar-refractivity contribution is 0.0461. The zero-order chi connectivity index (χ0) is 24.4. The van der Waals surface area contributed by atoms with Crippen LogP contribution in [0.5, 0.6) is 5.75 Å². The quantitative estimate of drug-likeness (QED) is 0.489. The number of terminal acetylenes is 1. The van der Waals surface area contributed by atoms with Crippen molar-refractivity contribution < 1.29 is 28.2 Å². The summed E-state index contributed by atoms with van der Waals surface area (Å²) in [5, 5.41) is 12.2. The minimum Gasteiger partial charge on any atom is -0.502 e. The summed E-state index contributed by atoms with van der Waals surface area (Å²) in [5.41, 5.74) is -1.52. The highest BCUT2D eigenvalue weighted by Crippen LogP contribution is 2.24. The summed E-state index contributed by atoms with van der Waals surface area (Å²) in [5.74, 6) is -1.16. The van der Waals surface area contributed by atoms with E-state index in [1.807, 2.05) is 0 Å². The Hall–Kier alpha value is -3.71. The van der Waals surface area contributed by atoms with Crippen molar-refractivity contribution in [1.82, 2.24) is 9.58 Å². The van der Waals surface area contributed by atoms with Crippen LogP contribution in [0.1, 0.15) is 45.7 Å². The van der Waals surface area contributed by atoms with E-state index in [2.05, 4.69) is 5.92 Å². The maximum atomic E-state index is 13.9. The minimum atomic E-state index is -0.996. The predicted octanol–water partition coefficient (Wildman–Crippen LogP) is 1.81. The van der Waals surface area contributed by atoms with E-state index < -0.39 is 34.5 Å². The molecule has 1 saturated heterocycles. The molecule has 1 aromatic heterocycles. The first-order valence-corrected chi connectivity index (χ1v) is 10.9. The van der Waals surface area contributed by atoms with Crippen LogP contribution in [0.4, 0.5) is 8.78 Å². The average Bonchev–Trinajstić information content (AvgIpc) is 3.31. The van der Waals surface area contributed by atoms with Crippen molar-refractivity contribution in [2.45, 2.75) is 31.8 Å². The number of aromatic nitrogens is 1. The molecule has 1 atom stereocenters. The molecule has 10 heteroatoms. The number of fused-ring (bicyclic) bond motifs is 1. The molecule has 1 amide bonds. The number of nitrogens with zero attached hydrogens (tertiary/aromatic N) is 3. The van der Waals surface area contributed by atoms with Gasteiger partial charge in [-0.2, -0.15) is 0 Å². The number of amides is 1. The molecule has 3 heterocycles. The van der Waals surface area contributed by atoms with Crippen LogP contribution in [-0.4, -0.2) is 58.8 Å². The Balaban J connectivity index is 1.63. The molecule has 0 aliphatic carbocycles. The van der Waals surface area contributed by atoms with Gasteiger partial charge in [0, 0.05) is 31.8 Å². The summed E-state index contributed by atoms with van der Waals surface area (Å²) in [6.45, 7) is 0.998. The Bertz CT molecular complexity index is 1230. The third-order valence-electron chi connectivity index (χ3n) is 5.95. The lowest BCUT2D eigenvalue weighted by Gasteiger charge is -2.39. The Kier molecular flexibility index (Phi) is 6.65. The van der Waals surface area contributed by atoms with Gasteiger partial charge in [-0.15, -0.1) is 6.42 Å². The highest BCUT2D eigenvalue weighted by Gasteiger charge is 2.35. The van der Waals surface area contributed by atoms with Crippen LogP contribution in [0.3, 0.4) is 0 Å². The highest BCUT2D eigenvalue weighted by atomic mass is 19.1. The number of carbonyl (C=O) groups excluding carboxylic acids is 2. The molecule has 2 aliphatic rings. The van der Waals surface area contributed by atoms with Gasteiger partial charge < -0.3 is 14.7 Å². The van der Waals surface area contributed by atoms with Gasteiger partial charge in [-0.05, 0) is 30.9 Å². The van der Waals surface area contributed by atoms with Crippen LogP contribution in [0.25, 0.3) is 0 Å². The number of hydrogen-bond acceptors (Lipinski definition) is 6. The van der Waals surface area contributed by atoms with E-state index in [-0.39, 0.29) is 55.5 Å². The molecule has 8 nitrogen and oxygen atoms in total. The van der Waals surface area contributed by atoms with Crippen LogP contribution in [0, 0.1) is 24.0 Å². The first-order valence-electron chi connectivity index (χ1n) is 10.9. The second-order valence-corrected chi connectivity index (χ2v) is 8.25. The van der Waals surface area contributed by atoms with Gasteiger partial charge in [0.25, 0.3) is 5.91 Å². The first-order chi connectivity index (χ1) is 16.3. The highest BCUT2D eigenvalue weighted by molar-refractivity contribution is 6.00. The van der Waals surface area contributed by atoms with Gasteiger partial charge in [-0.1, -0.05) is 12.0 Å². The summed E-state index contributed by atoms with van der Waals surface area (Å²) in [4.78, 5) is 40.2. The number of ether oxygens (including phenoxy) is 1. The molecule has 0 spiro atoms. The Morgan fingerprint density at radius 3 is 2.76 bits per heavy atom. The molecule has 178 valence electrons. The molecule has 0 radical (unpaired) electrons. The second kappa shape index (κ2) is 9.65. The summed E-state index contributed by atoms with van der Waals surface area (Å²) in [6.07, 6.45) is 7.85. The van der Waals surface area contributed by atoms with Crippen molar-refractivity contribution in [1.29, 1.82) is 0 Å². The molecule has 2 aromatic rings. The van der Waals surface area contributed by atoms with Crippen molar-refractivity contribution in [3.05, 3.63) is 63.1 Å². The molecule has 1 N–H and O–H groups in total.